The van der Waals surface area contributed by atoms with Gasteiger partial charge in [-0.1, -0.05) is 18.2 Å². The molecule has 1 aromatic rings. The van der Waals surface area contributed by atoms with E-state index in [0.717, 1.165) is 0 Å². The van der Waals surface area contributed by atoms with Gasteiger partial charge in [0.1, 0.15) is 0 Å². The van der Waals surface area contributed by atoms with Gasteiger partial charge in [0.2, 0.25) is 0 Å². The summed E-state index contributed by atoms with van der Waals surface area (Å²) in [5.41, 5.74) is 0. The number of hydrogen-bond donors (Lipinski definition) is 2. The molecule has 0 aliphatic rings. The van der Waals surface area contributed by atoms with E-state index in [2.05, 4.69) is 0 Å². The van der Waals surface area contributed by atoms with Gasteiger partial charge in [0.25, 0.3) is 0 Å². The van der Waals surface area contributed by atoms with E-state index in [1.54, 1.807) is 18.2 Å². The Kier molecular flexibility index (Phi) is 8.93. The second kappa shape index (κ2) is 6.77. The zero-order chi connectivity index (χ0) is 7.61. The summed E-state index contributed by atoms with van der Waals surface area (Å²) in [7, 11) is -4.02. The monoisotopic (exact) mass is 206 g/mol. The van der Waals surface area contributed by atoms with Gasteiger partial charge in [-0.25, -0.2) is 0 Å². The van der Waals surface area contributed by atoms with Crippen LogP contribution < -0.4 is 5.30 Å². The molecule has 0 aliphatic heterocycles. The molecule has 0 saturated heterocycles. The van der Waals surface area contributed by atoms with Crippen molar-refractivity contribution in [2.75, 3.05) is 0 Å². The van der Waals surface area contributed by atoms with Crippen molar-refractivity contribution in [3.63, 3.8) is 0 Å². The van der Waals surface area contributed by atoms with Crippen molar-refractivity contribution in [1.29, 1.82) is 0 Å². The van der Waals surface area contributed by atoms with Gasteiger partial charge in [-0.2, -0.15) is 0 Å². The first-order chi connectivity index (χ1) is 4.61. The molecule has 0 spiro atoms. The number of rotatable bonds is 1. The van der Waals surface area contributed by atoms with E-state index in [0.29, 0.717) is 0 Å². The van der Waals surface area contributed by atoms with Crippen molar-refractivity contribution in [2.24, 2.45) is 0 Å². The normalized spacial score (nSPS) is 9.50. The number of hydrogen-bond acceptors (Lipinski definition) is 1. The van der Waals surface area contributed by atoms with Crippen LogP contribution in [0.1, 0.15) is 0 Å². The zero-order valence-corrected chi connectivity index (χ0v) is 6.03. The van der Waals surface area contributed by atoms with Crippen LogP contribution in [0.25, 0.3) is 0 Å². The Balaban J connectivity index is 0. The molecule has 0 fully saturated rings. The predicted octanol–water partition coefficient (Wildman–Crippen LogP) is -0.807. The molecule has 0 bridgehead atoms. The molecule has 1 aromatic carbocycles. The van der Waals surface area contributed by atoms with Crippen molar-refractivity contribution in [3.8, 4) is 0 Å². The fourth-order valence-electron chi connectivity index (χ4n) is 0.622. The molecule has 0 aliphatic carbocycles. The Labute approximate surface area is 115 Å². The maximum absolute atomic E-state index is 10.5. The van der Waals surface area contributed by atoms with Crippen molar-refractivity contribution in [2.45, 2.75) is 0 Å². The van der Waals surface area contributed by atoms with Crippen molar-refractivity contribution >= 4 is 72.0 Å². The average molecular weight is 206 g/mol. The van der Waals surface area contributed by atoms with Crippen LogP contribution >= 0.6 is 7.60 Å². The van der Waals surface area contributed by atoms with Crippen molar-refractivity contribution < 1.29 is 14.4 Å². The zero-order valence-electron chi connectivity index (χ0n) is 5.14. The SMILES string of the molecule is O=P(O)(O)c1ccccc1.[NaH].[NaH]. The van der Waals surface area contributed by atoms with Gasteiger partial charge in [0, 0.05) is 0 Å². The summed E-state index contributed by atoms with van der Waals surface area (Å²) in [6.45, 7) is 0. The third kappa shape index (κ3) is 5.18. The van der Waals surface area contributed by atoms with Crippen LogP contribution in [0.4, 0.5) is 0 Å². The predicted molar refractivity (Wildman–Crippen MR) is 52.4 cm³/mol. The van der Waals surface area contributed by atoms with Crippen LogP contribution in [0.15, 0.2) is 30.3 Å². The summed E-state index contributed by atoms with van der Waals surface area (Å²) in [5, 5.41) is 0.0648. The molecule has 12 heavy (non-hydrogen) atoms. The first-order valence-electron chi connectivity index (χ1n) is 2.72. The molecule has 0 amide bonds. The Hall–Kier alpha value is 1.37. The maximum atomic E-state index is 10.5. The van der Waals surface area contributed by atoms with Gasteiger partial charge in [-0.15, -0.1) is 0 Å². The third-order valence-corrected chi connectivity index (χ3v) is 2.06. The average Bonchev–Trinajstić information content (AvgIpc) is 1.88. The standard InChI is InChI=1S/C6H7O3P.2Na.2H/c7-10(8,9)6-4-2-1-3-5-6;;;;/h1-5H,(H2,7,8,9);;;;. The molecule has 0 radical (unpaired) electrons. The van der Waals surface area contributed by atoms with Crippen molar-refractivity contribution in [3.05, 3.63) is 30.3 Å². The van der Waals surface area contributed by atoms with Gasteiger partial charge in [-0.05, 0) is 12.1 Å². The Morgan fingerprint density at radius 2 is 1.42 bits per heavy atom. The first-order valence-corrected chi connectivity index (χ1v) is 4.33. The van der Waals surface area contributed by atoms with Gasteiger partial charge in [0.05, 0.1) is 5.30 Å². The second-order valence-electron chi connectivity index (χ2n) is 1.88. The molecule has 0 saturated carbocycles. The van der Waals surface area contributed by atoms with E-state index >= 15 is 0 Å². The topological polar surface area (TPSA) is 57.5 Å². The molecule has 0 unspecified atom stereocenters. The van der Waals surface area contributed by atoms with E-state index < -0.39 is 7.60 Å². The van der Waals surface area contributed by atoms with Gasteiger partial charge in [-0.3, -0.25) is 4.57 Å². The summed E-state index contributed by atoms with van der Waals surface area (Å²) in [6, 6.07) is 7.70. The van der Waals surface area contributed by atoms with Gasteiger partial charge in [0.15, 0.2) is 0 Å². The fraction of sp³-hybridized carbons (Fsp3) is 0. The van der Waals surface area contributed by atoms with E-state index in [1.165, 1.54) is 12.1 Å². The third-order valence-electron chi connectivity index (χ3n) is 1.09. The molecule has 2 N–H and O–H groups in total. The molecule has 0 atom stereocenters. The molecular weight excluding hydrogens is 197 g/mol. The van der Waals surface area contributed by atoms with Crippen LogP contribution in [-0.2, 0) is 4.57 Å². The molecule has 6 heteroatoms. The fourth-order valence-corrected chi connectivity index (χ4v) is 1.18. The van der Waals surface area contributed by atoms with Crippen molar-refractivity contribution in [1.82, 2.24) is 0 Å². The van der Waals surface area contributed by atoms with E-state index in [1.807, 2.05) is 0 Å². The van der Waals surface area contributed by atoms with E-state index in [4.69, 9.17) is 9.79 Å². The van der Waals surface area contributed by atoms with Crippen LogP contribution in [0.5, 0.6) is 0 Å². The van der Waals surface area contributed by atoms with Crippen LogP contribution in [-0.4, -0.2) is 68.9 Å². The summed E-state index contributed by atoms with van der Waals surface area (Å²) in [4.78, 5) is 17.2. The minimum absolute atomic E-state index is 0. The molecular formula is C6H9Na2O3P. The Bertz CT molecular complexity index is 259. The molecule has 3 nitrogen and oxygen atoms in total. The van der Waals surface area contributed by atoms with E-state index in [-0.39, 0.29) is 64.4 Å². The molecule has 0 heterocycles. The minimum atomic E-state index is -4.02. The molecule has 58 valence electrons. The summed E-state index contributed by atoms with van der Waals surface area (Å²) in [5.74, 6) is 0. The molecule has 0 aromatic heterocycles. The quantitative estimate of drug-likeness (QED) is 0.467. The Morgan fingerprint density at radius 1 is 1.00 bits per heavy atom. The molecule has 1 rings (SSSR count). The summed E-state index contributed by atoms with van der Waals surface area (Å²) >= 11 is 0. The van der Waals surface area contributed by atoms with Crippen LogP contribution in [0.2, 0.25) is 0 Å². The summed E-state index contributed by atoms with van der Waals surface area (Å²) in [6.07, 6.45) is 0. The summed E-state index contributed by atoms with van der Waals surface area (Å²) < 4.78 is 10.5. The van der Waals surface area contributed by atoms with Crippen LogP contribution in [0, 0.1) is 0 Å². The number of benzene rings is 1. The second-order valence-corrected chi connectivity index (χ2v) is 3.48. The van der Waals surface area contributed by atoms with Gasteiger partial charge < -0.3 is 9.79 Å². The van der Waals surface area contributed by atoms with Gasteiger partial charge >= 0.3 is 66.7 Å². The van der Waals surface area contributed by atoms with Crippen LogP contribution in [0.3, 0.4) is 0 Å². The van der Waals surface area contributed by atoms with E-state index in [9.17, 15) is 4.57 Å². The first kappa shape index (κ1) is 15.8. The Morgan fingerprint density at radius 3 is 1.67 bits per heavy atom.